The van der Waals surface area contributed by atoms with Crippen LogP contribution in [0.5, 0.6) is 0 Å². The Balaban J connectivity index is 0.00000200. The molecule has 5 nitrogen and oxygen atoms in total. The predicted octanol–water partition coefficient (Wildman–Crippen LogP) is 1.81. The van der Waals surface area contributed by atoms with Gasteiger partial charge in [0.25, 0.3) is 0 Å². The lowest BCUT2D eigenvalue weighted by Gasteiger charge is -2.21. The summed E-state index contributed by atoms with van der Waals surface area (Å²) in [6.45, 7) is 4.56. The van der Waals surface area contributed by atoms with Crippen molar-refractivity contribution in [1.82, 2.24) is 9.80 Å². The van der Waals surface area contributed by atoms with E-state index >= 15 is 0 Å². The molecule has 6 heteroatoms. The number of amides is 1. The van der Waals surface area contributed by atoms with Crippen LogP contribution in [0.25, 0.3) is 0 Å². The van der Waals surface area contributed by atoms with Crippen molar-refractivity contribution in [1.29, 1.82) is 0 Å². The minimum absolute atomic E-state index is 0. The zero-order chi connectivity index (χ0) is 13.5. The summed E-state index contributed by atoms with van der Waals surface area (Å²) < 4.78 is 0. The number of carbonyl (C=O) groups excluding carboxylic acids is 1. The maximum Gasteiger partial charge on any atom is 0.222 e. The van der Waals surface area contributed by atoms with Gasteiger partial charge in [0.05, 0.1) is 0 Å². The van der Waals surface area contributed by atoms with Crippen molar-refractivity contribution in [2.45, 2.75) is 44.9 Å². The molecule has 2 heterocycles. The molecule has 1 amide bonds. The first-order valence-electron chi connectivity index (χ1n) is 7.60. The molecule has 0 saturated carbocycles. The number of carbonyl (C=O) groups is 1. The lowest BCUT2D eigenvalue weighted by atomic mass is 10.2. The number of hydrogen-bond acceptors (Lipinski definition) is 2. The van der Waals surface area contributed by atoms with Crippen LogP contribution in [0.1, 0.15) is 44.9 Å². The first-order valence-corrected chi connectivity index (χ1v) is 7.60. The fourth-order valence-corrected chi connectivity index (χ4v) is 2.80. The summed E-state index contributed by atoms with van der Waals surface area (Å²) in [5, 5.41) is 0. The van der Waals surface area contributed by atoms with E-state index in [4.69, 9.17) is 5.73 Å². The van der Waals surface area contributed by atoms with E-state index in [1.54, 1.807) is 0 Å². The van der Waals surface area contributed by atoms with Crippen LogP contribution in [0.2, 0.25) is 0 Å². The molecule has 0 spiro atoms. The Hall–Kier alpha value is -0.530. The van der Waals surface area contributed by atoms with E-state index < -0.39 is 0 Å². The van der Waals surface area contributed by atoms with Gasteiger partial charge in [0.1, 0.15) is 0 Å². The van der Waals surface area contributed by atoms with E-state index in [9.17, 15) is 4.79 Å². The van der Waals surface area contributed by atoms with Crippen molar-refractivity contribution >= 4 is 35.8 Å². The van der Waals surface area contributed by atoms with Crippen LogP contribution >= 0.6 is 24.0 Å². The number of hydrogen-bond donors (Lipinski definition) is 1. The Morgan fingerprint density at radius 1 is 1.10 bits per heavy atom. The normalized spacial score (nSPS) is 20.8. The van der Waals surface area contributed by atoms with Crippen molar-refractivity contribution in [2.24, 2.45) is 10.7 Å². The fraction of sp³-hybridized carbons (Fsp3) is 0.857. The van der Waals surface area contributed by atoms with Gasteiger partial charge in [-0.05, 0) is 25.7 Å². The lowest BCUT2D eigenvalue weighted by molar-refractivity contribution is -0.127. The molecule has 0 atom stereocenters. The molecular formula is C14H27IN4O. The molecule has 0 unspecified atom stereocenters. The Kier molecular flexibility index (Phi) is 8.25. The molecule has 2 fully saturated rings. The smallest absolute Gasteiger partial charge is 0.222 e. The third-order valence-corrected chi connectivity index (χ3v) is 3.96. The minimum Gasteiger partial charge on any atom is -0.370 e. The van der Waals surface area contributed by atoms with Gasteiger partial charge in [-0.25, -0.2) is 0 Å². The van der Waals surface area contributed by atoms with Gasteiger partial charge in [-0.1, -0.05) is 12.8 Å². The summed E-state index contributed by atoms with van der Waals surface area (Å²) in [6, 6.07) is 0. The molecule has 116 valence electrons. The summed E-state index contributed by atoms with van der Waals surface area (Å²) in [6.07, 6.45) is 7.70. The van der Waals surface area contributed by atoms with Gasteiger partial charge in [-0.2, -0.15) is 0 Å². The van der Waals surface area contributed by atoms with Gasteiger partial charge in [-0.15, -0.1) is 24.0 Å². The van der Waals surface area contributed by atoms with Crippen LogP contribution < -0.4 is 5.73 Å². The maximum absolute atomic E-state index is 11.4. The van der Waals surface area contributed by atoms with Crippen LogP contribution in [-0.4, -0.2) is 54.4 Å². The standard InChI is InChI=1S/C14H26N4O.HI/c15-14(18-9-3-1-2-4-10-18)16-8-6-12-17-11-5-7-13(17)19;/h1-12H2,(H2,15,16);1H. The fourth-order valence-electron chi connectivity index (χ4n) is 2.80. The van der Waals surface area contributed by atoms with Gasteiger partial charge in [0.15, 0.2) is 5.96 Å². The average molecular weight is 394 g/mol. The minimum atomic E-state index is 0. The average Bonchev–Trinajstić information content (AvgIpc) is 2.68. The first-order chi connectivity index (χ1) is 9.27. The second-order valence-corrected chi connectivity index (χ2v) is 5.48. The predicted molar refractivity (Wildman–Crippen MR) is 92.4 cm³/mol. The highest BCUT2D eigenvalue weighted by atomic mass is 127. The molecule has 0 aliphatic carbocycles. The SMILES string of the molecule is I.NC(=NCCCN1CCCC1=O)N1CCCCCC1. The van der Waals surface area contributed by atoms with E-state index in [1.807, 2.05) is 4.90 Å². The van der Waals surface area contributed by atoms with Crippen LogP contribution in [0, 0.1) is 0 Å². The Labute approximate surface area is 139 Å². The Morgan fingerprint density at radius 2 is 1.80 bits per heavy atom. The largest absolute Gasteiger partial charge is 0.370 e. The van der Waals surface area contributed by atoms with Crippen molar-refractivity contribution in [3.63, 3.8) is 0 Å². The van der Waals surface area contributed by atoms with Crippen LogP contribution in [0.4, 0.5) is 0 Å². The van der Waals surface area contributed by atoms with Gasteiger partial charge in [-0.3, -0.25) is 9.79 Å². The lowest BCUT2D eigenvalue weighted by Crippen LogP contribution is -2.38. The second kappa shape index (κ2) is 9.41. The highest BCUT2D eigenvalue weighted by molar-refractivity contribution is 14.0. The number of aliphatic imine (C=N–C) groups is 1. The first kappa shape index (κ1) is 17.5. The van der Waals surface area contributed by atoms with E-state index in [1.165, 1.54) is 25.7 Å². The Bertz CT molecular complexity index is 327. The van der Waals surface area contributed by atoms with Crippen LogP contribution in [-0.2, 0) is 4.79 Å². The van der Waals surface area contributed by atoms with E-state index in [0.29, 0.717) is 11.9 Å². The van der Waals surface area contributed by atoms with Crippen molar-refractivity contribution in [2.75, 3.05) is 32.7 Å². The number of guanidine groups is 1. The molecule has 2 rings (SSSR count). The zero-order valence-electron chi connectivity index (χ0n) is 12.2. The summed E-state index contributed by atoms with van der Waals surface area (Å²) in [4.78, 5) is 20.0. The third-order valence-electron chi connectivity index (χ3n) is 3.96. The molecule has 0 aromatic rings. The Morgan fingerprint density at radius 3 is 2.40 bits per heavy atom. The van der Waals surface area contributed by atoms with Gasteiger partial charge >= 0.3 is 0 Å². The van der Waals surface area contributed by atoms with Crippen LogP contribution in [0.3, 0.4) is 0 Å². The topological polar surface area (TPSA) is 61.9 Å². The summed E-state index contributed by atoms with van der Waals surface area (Å²) in [7, 11) is 0. The molecule has 2 saturated heterocycles. The third kappa shape index (κ3) is 5.46. The number of rotatable bonds is 4. The molecule has 2 N–H and O–H groups in total. The highest BCUT2D eigenvalue weighted by Gasteiger charge is 2.19. The van der Waals surface area contributed by atoms with Gasteiger partial charge < -0.3 is 15.5 Å². The highest BCUT2D eigenvalue weighted by Crippen LogP contribution is 2.10. The number of likely N-dealkylation sites (tertiary alicyclic amines) is 2. The molecule has 0 bridgehead atoms. The molecule has 0 radical (unpaired) electrons. The number of nitrogens with zero attached hydrogens (tertiary/aromatic N) is 3. The number of nitrogens with two attached hydrogens (primary N) is 1. The quantitative estimate of drug-likeness (QED) is 0.343. The monoisotopic (exact) mass is 394 g/mol. The summed E-state index contributed by atoms with van der Waals surface area (Å²) in [5.74, 6) is 0.985. The number of halogens is 1. The molecule has 2 aliphatic rings. The van der Waals surface area contributed by atoms with E-state index in [2.05, 4.69) is 9.89 Å². The summed E-state index contributed by atoms with van der Waals surface area (Å²) in [5.41, 5.74) is 6.03. The van der Waals surface area contributed by atoms with Crippen molar-refractivity contribution in [3.05, 3.63) is 0 Å². The summed E-state index contributed by atoms with van der Waals surface area (Å²) >= 11 is 0. The molecule has 2 aliphatic heterocycles. The van der Waals surface area contributed by atoms with Crippen molar-refractivity contribution < 1.29 is 4.79 Å². The molecular weight excluding hydrogens is 367 g/mol. The zero-order valence-corrected chi connectivity index (χ0v) is 14.6. The maximum atomic E-state index is 11.4. The van der Waals surface area contributed by atoms with Gasteiger partial charge in [0.2, 0.25) is 5.91 Å². The van der Waals surface area contributed by atoms with E-state index in [0.717, 1.165) is 52.0 Å². The molecule has 0 aromatic carbocycles. The van der Waals surface area contributed by atoms with E-state index in [-0.39, 0.29) is 24.0 Å². The van der Waals surface area contributed by atoms with Crippen LogP contribution in [0.15, 0.2) is 4.99 Å². The second-order valence-electron chi connectivity index (χ2n) is 5.48. The molecule has 20 heavy (non-hydrogen) atoms. The van der Waals surface area contributed by atoms with Gasteiger partial charge in [0, 0.05) is 39.1 Å². The van der Waals surface area contributed by atoms with Crippen molar-refractivity contribution in [3.8, 4) is 0 Å². The molecule has 0 aromatic heterocycles.